The van der Waals surface area contributed by atoms with Crippen molar-refractivity contribution >= 4 is 57.8 Å². The van der Waals surface area contributed by atoms with Crippen molar-refractivity contribution in [2.75, 3.05) is 62.2 Å². The van der Waals surface area contributed by atoms with Gasteiger partial charge in [0.15, 0.2) is 0 Å². The highest BCUT2D eigenvalue weighted by atomic mass is 35.5. The molecule has 0 amide bonds. The molecular weight excluding hydrogens is 462 g/mol. The normalized spacial score (nSPS) is 17.7. The fourth-order valence-electron chi connectivity index (χ4n) is 4.24. The predicted octanol–water partition coefficient (Wildman–Crippen LogP) is 5.27. The maximum Gasteiger partial charge on any atom is 0.0828 e. The van der Waals surface area contributed by atoms with E-state index in [-0.39, 0.29) is 5.92 Å². The van der Waals surface area contributed by atoms with Crippen molar-refractivity contribution in [3.63, 3.8) is 0 Å². The number of piperazine rings is 2. The first kappa shape index (κ1) is 22.3. The number of benzene rings is 2. The Kier molecular flexibility index (Phi) is 7.23. The molecule has 2 aromatic rings. The molecule has 0 radical (unpaired) electrons. The fourth-order valence-corrected chi connectivity index (χ4v) is 5.47. The second-order valence-electron chi connectivity index (χ2n) is 7.80. The van der Waals surface area contributed by atoms with Crippen LogP contribution in [-0.4, -0.2) is 52.4 Å². The summed E-state index contributed by atoms with van der Waals surface area (Å²) in [4.78, 5) is 4.54. The van der Waals surface area contributed by atoms with Gasteiger partial charge in [0.05, 0.1) is 31.5 Å². The number of nitrogens with zero attached hydrogens (tertiary/aromatic N) is 2. The van der Waals surface area contributed by atoms with E-state index in [9.17, 15) is 0 Å². The van der Waals surface area contributed by atoms with E-state index in [1.54, 1.807) is 0 Å². The Bertz CT molecular complexity index is 835. The van der Waals surface area contributed by atoms with Crippen molar-refractivity contribution in [3.8, 4) is 0 Å². The minimum absolute atomic E-state index is 0.0332. The average Bonchev–Trinajstić information content (AvgIpc) is 2.78. The van der Waals surface area contributed by atoms with Crippen LogP contribution in [0.25, 0.3) is 0 Å². The van der Waals surface area contributed by atoms with Gasteiger partial charge in [-0.1, -0.05) is 65.5 Å². The van der Waals surface area contributed by atoms with Gasteiger partial charge in [-0.2, -0.15) is 0 Å². The quantitative estimate of drug-likeness (QED) is 0.614. The average molecular weight is 488 g/mol. The standard InChI is InChI=1S/C22H26Cl4N4/c1-14(15-2-4-17(21(25)19(15)23)29-10-6-27-7-11-29)16-3-5-18(22(26)20(16)24)30-12-8-28-9-13-30/h2-5,14,27-28H,6-13H2,1H3. The van der Waals surface area contributed by atoms with Gasteiger partial charge in [0, 0.05) is 58.3 Å². The number of nitrogens with one attached hydrogen (secondary N) is 2. The Labute approximate surface area is 198 Å². The molecule has 2 heterocycles. The molecule has 4 rings (SSSR count). The first-order valence-corrected chi connectivity index (χ1v) is 11.9. The molecule has 0 saturated carbocycles. The number of rotatable bonds is 4. The highest BCUT2D eigenvalue weighted by molar-refractivity contribution is 6.45. The van der Waals surface area contributed by atoms with Gasteiger partial charge in [0.25, 0.3) is 0 Å². The van der Waals surface area contributed by atoms with E-state index in [2.05, 4.69) is 51.6 Å². The van der Waals surface area contributed by atoms with Crippen molar-refractivity contribution < 1.29 is 0 Å². The third kappa shape index (κ3) is 4.36. The number of anilines is 2. The van der Waals surface area contributed by atoms with E-state index in [4.69, 9.17) is 46.4 Å². The van der Waals surface area contributed by atoms with E-state index in [1.165, 1.54) is 0 Å². The molecule has 2 saturated heterocycles. The van der Waals surface area contributed by atoms with Crippen molar-refractivity contribution in [2.45, 2.75) is 12.8 Å². The number of halogens is 4. The largest absolute Gasteiger partial charge is 0.368 e. The van der Waals surface area contributed by atoms with Crippen LogP contribution in [-0.2, 0) is 0 Å². The minimum Gasteiger partial charge on any atom is -0.368 e. The zero-order chi connectivity index (χ0) is 21.3. The molecular formula is C22H26Cl4N4. The topological polar surface area (TPSA) is 30.5 Å². The predicted molar refractivity (Wildman–Crippen MR) is 131 cm³/mol. The molecule has 4 nitrogen and oxygen atoms in total. The van der Waals surface area contributed by atoms with Gasteiger partial charge < -0.3 is 20.4 Å². The Balaban J connectivity index is 1.63. The van der Waals surface area contributed by atoms with Crippen molar-refractivity contribution in [1.82, 2.24) is 10.6 Å². The Hall–Kier alpha value is -0.880. The van der Waals surface area contributed by atoms with E-state index in [1.807, 2.05) is 0 Å². The van der Waals surface area contributed by atoms with Gasteiger partial charge in [0.2, 0.25) is 0 Å². The Morgan fingerprint density at radius 2 is 1.00 bits per heavy atom. The van der Waals surface area contributed by atoms with Crippen LogP contribution in [0, 0.1) is 0 Å². The van der Waals surface area contributed by atoms with Gasteiger partial charge in [-0.15, -0.1) is 0 Å². The third-order valence-corrected chi connectivity index (χ3v) is 7.81. The molecule has 0 aromatic heterocycles. The number of hydrogen-bond acceptors (Lipinski definition) is 4. The van der Waals surface area contributed by atoms with Crippen molar-refractivity contribution in [1.29, 1.82) is 0 Å². The summed E-state index contributed by atoms with van der Waals surface area (Å²) < 4.78 is 0. The van der Waals surface area contributed by atoms with Crippen molar-refractivity contribution in [3.05, 3.63) is 55.5 Å². The summed E-state index contributed by atoms with van der Waals surface area (Å²) in [6.45, 7) is 9.53. The summed E-state index contributed by atoms with van der Waals surface area (Å²) in [5, 5.41) is 9.08. The molecule has 0 aliphatic carbocycles. The molecule has 2 N–H and O–H groups in total. The summed E-state index contributed by atoms with van der Waals surface area (Å²) in [5.41, 5.74) is 3.87. The maximum atomic E-state index is 6.74. The molecule has 8 heteroatoms. The van der Waals surface area contributed by atoms with Crippen LogP contribution in [0.15, 0.2) is 24.3 Å². The lowest BCUT2D eigenvalue weighted by Gasteiger charge is -2.32. The molecule has 0 unspecified atom stereocenters. The molecule has 2 fully saturated rings. The minimum atomic E-state index is -0.0332. The highest BCUT2D eigenvalue weighted by Crippen LogP contribution is 2.44. The molecule has 0 bridgehead atoms. The molecule has 162 valence electrons. The molecule has 2 aromatic carbocycles. The fraction of sp³-hybridized carbons (Fsp3) is 0.455. The first-order chi connectivity index (χ1) is 14.5. The van der Waals surface area contributed by atoms with Crippen LogP contribution in [0.1, 0.15) is 24.0 Å². The smallest absolute Gasteiger partial charge is 0.0828 e. The van der Waals surface area contributed by atoms with Crippen LogP contribution in [0.3, 0.4) is 0 Å². The van der Waals surface area contributed by atoms with E-state index in [0.717, 1.165) is 74.9 Å². The van der Waals surface area contributed by atoms with Crippen LogP contribution < -0.4 is 20.4 Å². The second kappa shape index (κ2) is 9.72. The van der Waals surface area contributed by atoms with E-state index >= 15 is 0 Å². The van der Waals surface area contributed by atoms with Gasteiger partial charge >= 0.3 is 0 Å². The summed E-state index contributed by atoms with van der Waals surface area (Å²) in [5.74, 6) is -0.0332. The Morgan fingerprint density at radius 3 is 1.37 bits per heavy atom. The molecule has 0 spiro atoms. The summed E-state index contributed by atoms with van der Waals surface area (Å²) in [7, 11) is 0. The first-order valence-electron chi connectivity index (χ1n) is 10.4. The summed E-state index contributed by atoms with van der Waals surface area (Å²) in [6.07, 6.45) is 0. The lowest BCUT2D eigenvalue weighted by atomic mass is 9.92. The maximum absolute atomic E-state index is 6.74. The van der Waals surface area contributed by atoms with Crippen molar-refractivity contribution in [2.24, 2.45) is 0 Å². The highest BCUT2D eigenvalue weighted by Gasteiger charge is 2.24. The molecule has 2 aliphatic heterocycles. The molecule has 2 aliphatic rings. The molecule has 30 heavy (non-hydrogen) atoms. The number of hydrogen-bond donors (Lipinski definition) is 2. The van der Waals surface area contributed by atoms with Crippen LogP contribution in [0.4, 0.5) is 11.4 Å². The van der Waals surface area contributed by atoms with Crippen LogP contribution in [0.5, 0.6) is 0 Å². The van der Waals surface area contributed by atoms with Crippen LogP contribution in [0.2, 0.25) is 20.1 Å². The van der Waals surface area contributed by atoms with Gasteiger partial charge in [-0.05, 0) is 23.3 Å². The second-order valence-corrected chi connectivity index (χ2v) is 9.31. The lowest BCUT2D eigenvalue weighted by molar-refractivity contribution is 0.589. The summed E-state index contributed by atoms with van der Waals surface area (Å²) >= 11 is 26.9. The van der Waals surface area contributed by atoms with Gasteiger partial charge in [0.1, 0.15) is 0 Å². The zero-order valence-corrected chi connectivity index (χ0v) is 20.0. The van der Waals surface area contributed by atoms with Gasteiger partial charge in [-0.3, -0.25) is 0 Å². The zero-order valence-electron chi connectivity index (χ0n) is 16.9. The molecule has 0 atom stereocenters. The Morgan fingerprint density at radius 1 is 0.633 bits per heavy atom. The van der Waals surface area contributed by atoms with E-state index < -0.39 is 0 Å². The van der Waals surface area contributed by atoms with Crippen LogP contribution >= 0.6 is 46.4 Å². The SMILES string of the molecule is CC(c1ccc(N2CCNCC2)c(Cl)c1Cl)c1ccc(N2CCNCC2)c(Cl)c1Cl. The third-order valence-electron chi connectivity index (χ3n) is 6.03. The summed E-state index contributed by atoms with van der Waals surface area (Å²) in [6, 6.07) is 8.25. The van der Waals surface area contributed by atoms with Gasteiger partial charge in [-0.25, -0.2) is 0 Å². The lowest BCUT2D eigenvalue weighted by Crippen LogP contribution is -2.43. The monoisotopic (exact) mass is 486 g/mol. The van der Waals surface area contributed by atoms with E-state index in [0.29, 0.717) is 20.1 Å².